The molecule has 1 rings (SSSR count). The molecule has 0 N–H and O–H groups in total. The normalized spacial score (nSPS) is 12.3. The van der Waals surface area contributed by atoms with Crippen LogP contribution in [0.15, 0.2) is 35.9 Å². The fourth-order valence-corrected chi connectivity index (χ4v) is 9.05. The number of methoxy groups -OCH3 is 1. The molecule has 0 heterocycles. The van der Waals surface area contributed by atoms with Gasteiger partial charge in [-0.05, 0) is 28.3 Å². The standard InChI is InChI=1S/C22H32O2Si/c1-17(2)25(18(3)4,19(5)6)15-11-14-21(22(23)24-7)16-20-12-9-8-10-13-20/h8-10,12-13,16-19H,14H2,1-7H3/b21-16-. The van der Waals surface area contributed by atoms with Gasteiger partial charge in [0.1, 0.15) is 8.07 Å². The van der Waals surface area contributed by atoms with E-state index in [1.807, 2.05) is 36.4 Å². The van der Waals surface area contributed by atoms with Crippen LogP contribution in [0.2, 0.25) is 16.6 Å². The summed E-state index contributed by atoms with van der Waals surface area (Å²) in [5.74, 6) is 3.05. The van der Waals surface area contributed by atoms with Crippen molar-refractivity contribution in [1.82, 2.24) is 0 Å². The molecule has 3 heteroatoms. The van der Waals surface area contributed by atoms with E-state index in [1.165, 1.54) is 7.11 Å². The van der Waals surface area contributed by atoms with Gasteiger partial charge in [0.05, 0.1) is 7.11 Å². The molecule has 0 aliphatic carbocycles. The molecule has 0 aromatic heterocycles. The van der Waals surface area contributed by atoms with E-state index in [-0.39, 0.29) is 5.97 Å². The summed E-state index contributed by atoms with van der Waals surface area (Å²) >= 11 is 0. The molecule has 0 amide bonds. The monoisotopic (exact) mass is 356 g/mol. The lowest BCUT2D eigenvalue weighted by atomic mass is 10.1. The molecule has 0 radical (unpaired) electrons. The van der Waals surface area contributed by atoms with Crippen molar-refractivity contribution in [2.24, 2.45) is 0 Å². The minimum atomic E-state index is -1.77. The van der Waals surface area contributed by atoms with Gasteiger partial charge in [0.2, 0.25) is 0 Å². The first-order valence-electron chi connectivity index (χ1n) is 9.09. The maximum absolute atomic E-state index is 12.1. The number of carbonyl (C=O) groups excluding carboxylic acids is 1. The Morgan fingerprint density at radius 3 is 2.00 bits per heavy atom. The summed E-state index contributed by atoms with van der Waals surface area (Å²) in [5, 5.41) is 0. The zero-order chi connectivity index (χ0) is 19.0. The van der Waals surface area contributed by atoms with Gasteiger partial charge in [0.15, 0.2) is 0 Å². The Balaban J connectivity index is 3.18. The van der Waals surface area contributed by atoms with Crippen molar-refractivity contribution < 1.29 is 9.53 Å². The summed E-state index contributed by atoms with van der Waals surface area (Å²) < 4.78 is 4.95. The van der Waals surface area contributed by atoms with Gasteiger partial charge in [0, 0.05) is 12.0 Å². The van der Waals surface area contributed by atoms with E-state index in [2.05, 4.69) is 53.0 Å². The van der Waals surface area contributed by atoms with Crippen LogP contribution in [-0.4, -0.2) is 21.2 Å². The van der Waals surface area contributed by atoms with Gasteiger partial charge in [-0.2, -0.15) is 0 Å². The van der Waals surface area contributed by atoms with Crippen LogP contribution in [0.5, 0.6) is 0 Å². The summed E-state index contributed by atoms with van der Waals surface area (Å²) in [6.45, 7) is 13.8. The summed E-state index contributed by atoms with van der Waals surface area (Å²) in [7, 11) is -0.351. The molecule has 2 nitrogen and oxygen atoms in total. The molecule has 0 spiro atoms. The predicted molar refractivity (Wildman–Crippen MR) is 110 cm³/mol. The second-order valence-corrected chi connectivity index (χ2v) is 13.0. The first-order valence-corrected chi connectivity index (χ1v) is 11.3. The molecule has 25 heavy (non-hydrogen) atoms. The van der Waals surface area contributed by atoms with Crippen molar-refractivity contribution in [3.63, 3.8) is 0 Å². The van der Waals surface area contributed by atoms with E-state index in [0.717, 1.165) is 5.56 Å². The zero-order valence-electron chi connectivity index (χ0n) is 16.7. The number of carbonyl (C=O) groups is 1. The lowest BCUT2D eigenvalue weighted by Gasteiger charge is -2.38. The maximum Gasteiger partial charge on any atom is 0.334 e. The van der Waals surface area contributed by atoms with Gasteiger partial charge in [-0.3, -0.25) is 0 Å². The molecule has 0 bridgehead atoms. The predicted octanol–water partition coefficient (Wildman–Crippen LogP) is 5.85. The largest absolute Gasteiger partial charge is 0.466 e. The van der Waals surface area contributed by atoms with Gasteiger partial charge in [-0.1, -0.05) is 71.9 Å². The van der Waals surface area contributed by atoms with Crippen LogP contribution >= 0.6 is 0 Å². The number of hydrogen-bond acceptors (Lipinski definition) is 2. The van der Waals surface area contributed by atoms with E-state index in [4.69, 9.17) is 4.74 Å². The van der Waals surface area contributed by atoms with Gasteiger partial charge in [-0.25, -0.2) is 4.79 Å². The quantitative estimate of drug-likeness (QED) is 0.276. The summed E-state index contributed by atoms with van der Waals surface area (Å²) in [6, 6.07) is 9.83. The van der Waals surface area contributed by atoms with Crippen molar-refractivity contribution in [1.29, 1.82) is 0 Å². The number of benzene rings is 1. The van der Waals surface area contributed by atoms with Gasteiger partial charge in [-0.15, -0.1) is 11.5 Å². The SMILES string of the molecule is COC(=O)/C(=C\c1ccccc1)CC#C[Si](C(C)C)(C(C)C)C(C)C. The highest BCUT2D eigenvalue weighted by Gasteiger charge is 2.41. The van der Waals surface area contributed by atoms with Crippen LogP contribution in [-0.2, 0) is 9.53 Å². The molecule has 0 aliphatic rings. The summed E-state index contributed by atoms with van der Waals surface area (Å²) in [5.41, 5.74) is 7.02. The van der Waals surface area contributed by atoms with Crippen LogP contribution in [0.25, 0.3) is 6.08 Å². The van der Waals surface area contributed by atoms with Crippen molar-refractivity contribution in [3.05, 3.63) is 41.5 Å². The third kappa shape index (κ3) is 5.34. The Kier molecular flexibility index (Phi) is 8.18. The number of ether oxygens (including phenoxy) is 1. The van der Waals surface area contributed by atoms with Gasteiger partial charge in [0.25, 0.3) is 0 Å². The van der Waals surface area contributed by atoms with E-state index in [9.17, 15) is 4.79 Å². The second kappa shape index (κ2) is 9.63. The van der Waals surface area contributed by atoms with E-state index < -0.39 is 8.07 Å². The topological polar surface area (TPSA) is 26.3 Å². The molecule has 0 fully saturated rings. The fourth-order valence-electron chi connectivity index (χ4n) is 3.79. The molecule has 136 valence electrons. The highest BCUT2D eigenvalue weighted by molar-refractivity contribution is 6.90. The maximum atomic E-state index is 12.1. The van der Waals surface area contributed by atoms with Crippen LogP contribution in [0.1, 0.15) is 53.5 Å². The van der Waals surface area contributed by atoms with E-state index in [1.54, 1.807) is 0 Å². The Morgan fingerprint density at radius 1 is 1.04 bits per heavy atom. The van der Waals surface area contributed by atoms with Crippen LogP contribution < -0.4 is 0 Å². The number of esters is 1. The number of hydrogen-bond donors (Lipinski definition) is 0. The number of rotatable bonds is 6. The lowest BCUT2D eigenvalue weighted by Crippen LogP contribution is -2.43. The molecule has 0 saturated heterocycles. The van der Waals surface area contributed by atoms with E-state index >= 15 is 0 Å². The smallest absolute Gasteiger partial charge is 0.334 e. The lowest BCUT2D eigenvalue weighted by molar-refractivity contribution is -0.136. The summed E-state index contributed by atoms with van der Waals surface area (Å²) in [6.07, 6.45) is 2.31. The van der Waals surface area contributed by atoms with Crippen molar-refractivity contribution in [2.75, 3.05) is 7.11 Å². The zero-order valence-corrected chi connectivity index (χ0v) is 17.7. The minimum absolute atomic E-state index is 0.302. The second-order valence-electron chi connectivity index (χ2n) is 7.45. The Morgan fingerprint density at radius 2 is 1.56 bits per heavy atom. The molecule has 0 atom stereocenters. The van der Waals surface area contributed by atoms with E-state index in [0.29, 0.717) is 28.6 Å². The minimum Gasteiger partial charge on any atom is -0.466 e. The van der Waals surface area contributed by atoms with Crippen molar-refractivity contribution in [2.45, 2.75) is 64.6 Å². The first kappa shape index (κ1) is 21.2. The molecule has 0 aliphatic heterocycles. The molecular formula is C22H32O2Si. The molecule has 0 saturated carbocycles. The third-order valence-electron chi connectivity index (χ3n) is 5.04. The molecule has 0 unspecified atom stereocenters. The van der Waals surface area contributed by atoms with Crippen molar-refractivity contribution >= 4 is 20.1 Å². The average molecular weight is 357 g/mol. The Bertz CT molecular complexity index is 624. The first-order chi connectivity index (χ1) is 11.8. The Labute approximate surface area is 154 Å². The molecule has 1 aromatic rings. The molecule has 1 aromatic carbocycles. The molecular weight excluding hydrogens is 324 g/mol. The van der Waals surface area contributed by atoms with Crippen LogP contribution in [0, 0.1) is 11.5 Å². The van der Waals surface area contributed by atoms with Gasteiger partial charge >= 0.3 is 5.97 Å². The fraction of sp³-hybridized carbons (Fsp3) is 0.500. The highest BCUT2D eigenvalue weighted by Crippen LogP contribution is 2.40. The third-order valence-corrected chi connectivity index (χ3v) is 11.4. The van der Waals surface area contributed by atoms with Gasteiger partial charge < -0.3 is 4.74 Å². The highest BCUT2D eigenvalue weighted by atomic mass is 28.3. The van der Waals surface area contributed by atoms with Crippen molar-refractivity contribution in [3.8, 4) is 11.5 Å². The Hall–Kier alpha value is -1.79. The average Bonchev–Trinajstić information content (AvgIpc) is 2.56. The van der Waals surface area contributed by atoms with Crippen LogP contribution in [0.4, 0.5) is 0 Å². The van der Waals surface area contributed by atoms with Crippen LogP contribution in [0.3, 0.4) is 0 Å². The summed E-state index contributed by atoms with van der Waals surface area (Å²) in [4.78, 5) is 12.1.